The van der Waals surface area contributed by atoms with Crippen molar-refractivity contribution in [2.75, 3.05) is 16.7 Å². The highest BCUT2D eigenvalue weighted by Gasteiger charge is 2.39. The van der Waals surface area contributed by atoms with Gasteiger partial charge in [-0.2, -0.15) is 4.98 Å². The van der Waals surface area contributed by atoms with Gasteiger partial charge in [-0.1, -0.05) is 32.0 Å². The normalized spacial score (nSPS) is 17.1. The molecule has 1 aliphatic heterocycles. The van der Waals surface area contributed by atoms with Gasteiger partial charge in [0.25, 0.3) is 0 Å². The van der Waals surface area contributed by atoms with Crippen LogP contribution < -0.4 is 9.62 Å². The highest BCUT2D eigenvalue weighted by Crippen LogP contribution is 2.43. The Hall–Kier alpha value is -2.41. The third kappa shape index (κ3) is 2.18. The fourth-order valence-corrected chi connectivity index (χ4v) is 6.60. The molecule has 0 radical (unpaired) electrons. The number of rotatable bonds is 3. The van der Waals surface area contributed by atoms with Crippen molar-refractivity contribution in [3.8, 4) is 0 Å². The van der Waals surface area contributed by atoms with E-state index in [2.05, 4.69) is 16.4 Å². The van der Waals surface area contributed by atoms with Crippen LogP contribution in [0.3, 0.4) is 0 Å². The molecule has 3 aromatic rings. The van der Waals surface area contributed by atoms with Crippen LogP contribution in [0.15, 0.2) is 41.4 Å². The third-order valence-corrected chi connectivity index (χ3v) is 8.46. The molecule has 25 heavy (non-hydrogen) atoms. The number of fused-ring (bicyclic) bond motifs is 2. The summed E-state index contributed by atoms with van der Waals surface area (Å²) < 4.78 is 18.2. The first-order chi connectivity index (χ1) is 12.0. The van der Waals surface area contributed by atoms with Crippen molar-refractivity contribution >= 4 is 32.9 Å². The number of nitrogens with one attached hydrogen (secondary N) is 1. The summed E-state index contributed by atoms with van der Waals surface area (Å²) in [4.78, 5) is 10.2. The second kappa shape index (κ2) is 5.56. The van der Waals surface area contributed by atoms with Crippen LogP contribution in [0, 0.1) is 0 Å². The lowest BCUT2D eigenvalue weighted by molar-refractivity contribution is 0.661. The fourth-order valence-electron chi connectivity index (χ4n) is 3.59. The lowest BCUT2D eigenvalue weighted by Gasteiger charge is -2.35. The monoisotopic (exact) mass is 357 g/mol. The number of thiol groups is 1. The Morgan fingerprint density at radius 1 is 1.20 bits per heavy atom. The average Bonchev–Trinajstić information content (AvgIpc) is 3.14. The topological polar surface area (TPSA) is 63.1 Å². The smallest absolute Gasteiger partial charge is 0.225 e. The minimum absolute atomic E-state index is 0.000491. The van der Waals surface area contributed by atoms with Crippen LogP contribution >= 0.6 is 0 Å². The van der Waals surface area contributed by atoms with Crippen molar-refractivity contribution in [1.82, 2.24) is 14.5 Å². The Balaban J connectivity index is 2.01. The number of anilines is 2. The number of aromatic nitrogens is 3. The summed E-state index contributed by atoms with van der Waals surface area (Å²) in [6.07, 6.45) is 1.96. The summed E-state index contributed by atoms with van der Waals surface area (Å²) in [6, 6.07) is 9.99. The van der Waals surface area contributed by atoms with Gasteiger partial charge in [-0.15, -0.1) is 0 Å². The van der Waals surface area contributed by atoms with E-state index in [1.807, 2.05) is 60.2 Å². The van der Waals surface area contributed by atoms with Gasteiger partial charge < -0.3 is 9.88 Å². The van der Waals surface area contributed by atoms with Gasteiger partial charge in [0.05, 0.1) is 12.1 Å². The molecule has 0 unspecified atom stereocenters. The SMILES string of the molecule is CNc1nc(N2Cc3ccccc3[SH]2(=O)C(C)C)c2c(ccn2C)n1. The van der Waals surface area contributed by atoms with Crippen LogP contribution in [0.5, 0.6) is 0 Å². The molecule has 0 saturated heterocycles. The molecule has 1 aromatic carbocycles. The van der Waals surface area contributed by atoms with Gasteiger partial charge in [0.2, 0.25) is 5.95 Å². The molecule has 2 aromatic heterocycles. The first-order valence-corrected chi connectivity index (χ1v) is 10.2. The van der Waals surface area contributed by atoms with Crippen molar-refractivity contribution in [3.05, 3.63) is 42.1 Å². The van der Waals surface area contributed by atoms with Crippen LogP contribution in [0.1, 0.15) is 19.4 Å². The maximum Gasteiger partial charge on any atom is 0.225 e. The Morgan fingerprint density at radius 2 is 1.96 bits per heavy atom. The Kier molecular flexibility index (Phi) is 3.57. The largest absolute Gasteiger partial charge is 0.357 e. The van der Waals surface area contributed by atoms with E-state index in [0.717, 1.165) is 27.3 Å². The first kappa shape index (κ1) is 16.1. The summed E-state index contributed by atoms with van der Waals surface area (Å²) >= 11 is 0. The minimum atomic E-state index is -2.79. The van der Waals surface area contributed by atoms with E-state index in [9.17, 15) is 4.21 Å². The summed E-state index contributed by atoms with van der Waals surface area (Å²) in [5.41, 5.74) is 2.88. The molecule has 0 bridgehead atoms. The van der Waals surface area contributed by atoms with Crippen LogP contribution in [-0.2, 0) is 23.7 Å². The van der Waals surface area contributed by atoms with Crippen LogP contribution in [0.4, 0.5) is 11.8 Å². The van der Waals surface area contributed by atoms with Gasteiger partial charge in [-0.3, -0.25) is 8.51 Å². The standard InChI is InChI=1S/C18H23N5OS/c1-12(2)25(24)15-8-6-5-7-13(15)11-23(25)17-16-14(9-10-22(16)4)20-18(19-3)21-17/h5-10,12,25H,11H2,1-4H3,(H,19,20,21). The number of aryl methyl sites for hydroxylation is 1. The van der Waals surface area contributed by atoms with Crippen molar-refractivity contribution < 1.29 is 4.21 Å². The van der Waals surface area contributed by atoms with Gasteiger partial charge in [-0.25, -0.2) is 4.98 Å². The summed E-state index contributed by atoms with van der Waals surface area (Å²) in [6.45, 7) is 4.66. The number of hydrogen-bond donors (Lipinski definition) is 2. The maximum absolute atomic E-state index is 14.2. The Labute approximate surface area is 148 Å². The zero-order valence-corrected chi connectivity index (χ0v) is 15.8. The fraction of sp³-hybridized carbons (Fsp3) is 0.333. The molecule has 1 aliphatic rings. The molecule has 0 atom stereocenters. The Morgan fingerprint density at radius 3 is 2.68 bits per heavy atom. The zero-order chi connectivity index (χ0) is 17.8. The number of benzene rings is 1. The summed E-state index contributed by atoms with van der Waals surface area (Å²) in [5, 5.41) is 3.02. The minimum Gasteiger partial charge on any atom is -0.357 e. The molecule has 0 saturated carbocycles. The van der Waals surface area contributed by atoms with E-state index in [1.54, 1.807) is 7.05 Å². The molecule has 0 amide bonds. The molecule has 3 heterocycles. The van der Waals surface area contributed by atoms with Gasteiger partial charge >= 0.3 is 0 Å². The van der Waals surface area contributed by atoms with Gasteiger partial charge in [0.15, 0.2) is 5.82 Å². The van der Waals surface area contributed by atoms with E-state index < -0.39 is 10.1 Å². The van der Waals surface area contributed by atoms with Gasteiger partial charge in [0, 0.05) is 30.4 Å². The number of nitrogens with zero attached hydrogens (tertiary/aromatic N) is 4. The third-order valence-electron chi connectivity index (χ3n) is 4.88. The zero-order valence-electron chi connectivity index (χ0n) is 14.9. The molecule has 6 nitrogen and oxygen atoms in total. The van der Waals surface area contributed by atoms with E-state index in [4.69, 9.17) is 4.98 Å². The quantitative estimate of drug-likeness (QED) is 0.708. The molecule has 0 aliphatic carbocycles. The molecule has 132 valence electrons. The molecule has 0 spiro atoms. The van der Waals surface area contributed by atoms with Crippen molar-refractivity contribution in [2.45, 2.75) is 30.5 Å². The van der Waals surface area contributed by atoms with Crippen LogP contribution in [-0.4, -0.2) is 31.0 Å². The predicted octanol–water partition coefficient (Wildman–Crippen LogP) is 2.73. The van der Waals surface area contributed by atoms with E-state index in [-0.39, 0.29) is 5.25 Å². The lowest BCUT2D eigenvalue weighted by atomic mass is 10.2. The summed E-state index contributed by atoms with van der Waals surface area (Å²) in [7, 11) is 0.978. The lowest BCUT2D eigenvalue weighted by Crippen LogP contribution is -2.38. The van der Waals surface area contributed by atoms with E-state index in [0.29, 0.717) is 12.5 Å². The van der Waals surface area contributed by atoms with Gasteiger partial charge in [-0.05, 0) is 27.8 Å². The van der Waals surface area contributed by atoms with Crippen LogP contribution in [0.25, 0.3) is 11.0 Å². The van der Waals surface area contributed by atoms with Crippen molar-refractivity contribution in [2.24, 2.45) is 7.05 Å². The maximum atomic E-state index is 14.2. The molecule has 1 N–H and O–H groups in total. The highest BCUT2D eigenvalue weighted by molar-refractivity contribution is 8.05. The number of hydrogen-bond acceptors (Lipinski definition) is 4. The average molecular weight is 357 g/mol. The molecule has 0 fully saturated rings. The van der Waals surface area contributed by atoms with Crippen LogP contribution in [0.2, 0.25) is 0 Å². The molecular weight excluding hydrogens is 334 g/mol. The van der Waals surface area contributed by atoms with E-state index >= 15 is 0 Å². The predicted molar refractivity (Wildman–Crippen MR) is 104 cm³/mol. The molecular formula is C18H23N5OS. The molecule has 4 rings (SSSR count). The van der Waals surface area contributed by atoms with Crippen molar-refractivity contribution in [3.63, 3.8) is 0 Å². The van der Waals surface area contributed by atoms with E-state index in [1.165, 1.54) is 0 Å². The van der Waals surface area contributed by atoms with Gasteiger partial charge in [0.1, 0.15) is 5.52 Å². The Bertz CT molecular complexity index is 1010. The summed E-state index contributed by atoms with van der Waals surface area (Å²) in [5.74, 6) is 1.27. The molecule has 7 heteroatoms. The second-order valence-corrected chi connectivity index (χ2v) is 9.93. The second-order valence-electron chi connectivity index (χ2n) is 6.68. The first-order valence-electron chi connectivity index (χ1n) is 8.44. The van der Waals surface area contributed by atoms with Crippen molar-refractivity contribution in [1.29, 1.82) is 0 Å². The highest BCUT2D eigenvalue weighted by atomic mass is 32.3.